The van der Waals surface area contributed by atoms with E-state index in [1.54, 1.807) is 24.3 Å². The lowest BCUT2D eigenvalue weighted by Gasteiger charge is -2.14. The van der Waals surface area contributed by atoms with Crippen LogP contribution in [0.15, 0.2) is 42.6 Å². The summed E-state index contributed by atoms with van der Waals surface area (Å²) >= 11 is 0. The van der Waals surface area contributed by atoms with Crippen LogP contribution in [0, 0.1) is 0 Å². The third-order valence-electron chi connectivity index (χ3n) is 3.96. The zero-order valence-electron chi connectivity index (χ0n) is 13.2. The molecule has 2 aromatic rings. The Bertz CT molecular complexity index is 797. The molecule has 2 heterocycles. The van der Waals surface area contributed by atoms with Crippen molar-refractivity contribution in [3.63, 3.8) is 0 Å². The van der Waals surface area contributed by atoms with Crippen LogP contribution in [0.4, 0.5) is 5.69 Å². The molecule has 0 saturated carbocycles. The highest BCUT2D eigenvalue weighted by molar-refractivity contribution is 6.10. The maximum atomic E-state index is 12.2. The Balaban J connectivity index is 1.63. The van der Waals surface area contributed by atoms with Crippen molar-refractivity contribution < 1.29 is 14.4 Å². The summed E-state index contributed by atoms with van der Waals surface area (Å²) in [7, 11) is 1.89. The number of aryl methyl sites for hydroxylation is 1. The number of rotatable bonds is 4. The van der Waals surface area contributed by atoms with Gasteiger partial charge in [-0.15, -0.1) is 0 Å². The Morgan fingerprint density at radius 2 is 2.00 bits per heavy atom. The van der Waals surface area contributed by atoms with Crippen molar-refractivity contribution in [2.24, 2.45) is 7.05 Å². The molecule has 1 aromatic carbocycles. The van der Waals surface area contributed by atoms with Gasteiger partial charge in [0.05, 0.1) is 24.2 Å². The van der Waals surface area contributed by atoms with Crippen molar-refractivity contribution in [2.45, 2.75) is 19.0 Å². The van der Waals surface area contributed by atoms with E-state index in [9.17, 15) is 14.4 Å². The lowest BCUT2D eigenvalue weighted by molar-refractivity contribution is -0.125. The molecule has 0 bridgehead atoms. The molecule has 7 nitrogen and oxygen atoms in total. The number of amides is 3. The molecule has 0 aliphatic carbocycles. The summed E-state index contributed by atoms with van der Waals surface area (Å²) in [5.41, 5.74) is 1.79. The molecular weight excluding hydrogens is 308 g/mol. The average Bonchev–Trinajstić information content (AvgIpc) is 2.92. The molecule has 3 rings (SSSR count). The highest BCUT2D eigenvalue weighted by Gasteiger charge is 2.29. The second kappa shape index (κ2) is 6.57. The number of para-hydroxylation sites is 1. The third-order valence-corrected chi connectivity index (χ3v) is 3.96. The van der Waals surface area contributed by atoms with Gasteiger partial charge in [-0.1, -0.05) is 12.1 Å². The van der Waals surface area contributed by atoms with Gasteiger partial charge in [0.15, 0.2) is 0 Å². The summed E-state index contributed by atoms with van der Waals surface area (Å²) < 4.78 is 1.90. The van der Waals surface area contributed by atoms with Gasteiger partial charge in [-0.05, 0) is 24.3 Å². The second-order valence-corrected chi connectivity index (χ2v) is 5.65. The number of hydrogen-bond acceptors (Lipinski definition) is 3. The molecule has 3 amide bonds. The molecule has 0 unspecified atom stereocenters. The van der Waals surface area contributed by atoms with Crippen LogP contribution in [0.1, 0.15) is 22.5 Å². The van der Waals surface area contributed by atoms with Crippen LogP contribution in [0.2, 0.25) is 0 Å². The number of benzene rings is 1. The summed E-state index contributed by atoms with van der Waals surface area (Å²) in [5.74, 6) is -1.07. The summed E-state index contributed by atoms with van der Waals surface area (Å²) in [5, 5.41) is 8.04. The van der Waals surface area contributed by atoms with Crippen molar-refractivity contribution in [1.29, 1.82) is 0 Å². The standard InChI is InChI=1S/C17H18N4O3/c1-21-8-4-5-11(21)10-18-15(22)9-14-17(24)19-13-7-3-2-6-12(13)16(23)20-14/h2-8,14H,9-10H2,1H3,(H,18,22)(H,19,24)(H,20,23)/t14-/m0/s1. The van der Waals surface area contributed by atoms with Crippen molar-refractivity contribution in [3.8, 4) is 0 Å². The molecule has 1 aliphatic heterocycles. The van der Waals surface area contributed by atoms with Gasteiger partial charge in [-0.2, -0.15) is 0 Å². The van der Waals surface area contributed by atoms with E-state index < -0.39 is 11.9 Å². The Morgan fingerprint density at radius 1 is 1.21 bits per heavy atom. The number of anilines is 1. The Morgan fingerprint density at radius 3 is 2.75 bits per heavy atom. The first-order valence-corrected chi connectivity index (χ1v) is 7.62. The Kier molecular flexibility index (Phi) is 4.33. The molecule has 0 fully saturated rings. The predicted molar refractivity (Wildman–Crippen MR) is 88.2 cm³/mol. The van der Waals surface area contributed by atoms with E-state index in [-0.39, 0.29) is 18.2 Å². The van der Waals surface area contributed by atoms with E-state index in [0.29, 0.717) is 17.8 Å². The summed E-state index contributed by atoms with van der Waals surface area (Å²) in [6.07, 6.45) is 1.77. The van der Waals surface area contributed by atoms with Gasteiger partial charge in [-0.25, -0.2) is 0 Å². The largest absolute Gasteiger partial charge is 0.353 e. The normalized spacial score (nSPS) is 16.6. The van der Waals surface area contributed by atoms with Crippen LogP contribution < -0.4 is 16.0 Å². The monoisotopic (exact) mass is 326 g/mol. The van der Waals surface area contributed by atoms with Crippen LogP contribution in [-0.2, 0) is 23.2 Å². The smallest absolute Gasteiger partial charge is 0.254 e. The van der Waals surface area contributed by atoms with Gasteiger partial charge in [0.2, 0.25) is 11.8 Å². The van der Waals surface area contributed by atoms with Gasteiger partial charge < -0.3 is 20.5 Å². The molecule has 0 saturated heterocycles. The van der Waals surface area contributed by atoms with Crippen molar-refractivity contribution >= 4 is 23.4 Å². The van der Waals surface area contributed by atoms with Crippen molar-refractivity contribution in [1.82, 2.24) is 15.2 Å². The summed E-state index contributed by atoms with van der Waals surface area (Å²) in [6.45, 7) is 0.366. The van der Waals surface area contributed by atoms with E-state index in [0.717, 1.165) is 5.69 Å². The second-order valence-electron chi connectivity index (χ2n) is 5.65. The maximum absolute atomic E-state index is 12.2. The number of nitrogens with one attached hydrogen (secondary N) is 3. The molecule has 1 aromatic heterocycles. The van der Waals surface area contributed by atoms with Crippen LogP contribution in [-0.4, -0.2) is 28.3 Å². The first-order chi connectivity index (χ1) is 11.5. The number of hydrogen-bond donors (Lipinski definition) is 3. The fraction of sp³-hybridized carbons (Fsp3) is 0.235. The quantitative estimate of drug-likeness (QED) is 0.775. The van der Waals surface area contributed by atoms with Gasteiger partial charge in [0.1, 0.15) is 6.04 Å². The van der Waals surface area contributed by atoms with Gasteiger partial charge in [0.25, 0.3) is 5.91 Å². The van der Waals surface area contributed by atoms with E-state index in [2.05, 4.69) is 16.0 Å². The SMILES string of the molecule is Cn1cccc1CNC(=O)C[C@@H]1NC(=O)c2ccccc2NC1=O. The topological polar surface area (TPSA) is 92.2 Å². The lowest BCUT2D eigenvalue weighted by Crippen LogP contribution is -2.44. The summed E-state index contributed by atoms with van der Waals surface area (Å²) in [4.78, 5) is 36.5. The average molecular weight is 326 g/mol. The number of carbonyl (C=O) groups is 3. The third kappa shape index (κ3) is 3.29. The van der Waals surface area contributed by atoms with Crippen LogP contribution >= 0.6 is 0 Å². The minimum Gasteiger partial charge on any atom is -0.353 e. The van der Waals surface area contributed by atoms with E-state index in [4.69, 9.17) is 0 Å². The molecule has 3 N–H and O–H groups in total. The minimum absolute atomic E-state index is 0.115. The van der Waals surface area contributed by atoms with Crippen molar-refractivity contribution in [3.05, 3.63) is 53.9 Å². The van der Waals surface area contributed by atoms with Crippen LogP contribution in [0.25, 0.3) is 0 Å². The fourth-order valence-corrected chi connectivity index (χ4v) is 2.58. The molecule has 1 atom stereocenters. The van der Waals surface area contributed by atoms with E-state index in [1.807, 2.05) is 29.9 Å². The maximum Gasteiger partial charge on any atom is 0.254 e. The molecule has 24 heavy (non-hydrogen) atoms. The highest BCUT2D eigenvalue weighted by Crippen LogP contribution is 2.18. The minimum atomic E-state index is -0.904. The van der Waals surface area contributed by atoms with E-state index in [1.165, 1.54) is 0 Å². The number of carbonyl (C=O) groups excluding carboxylic acids is 3. The Hall–Kier alpha value is -3.09. The van der Waals surface area contributed by atoms with Crippen molar-refractivity contribution in [2.75, 3.05) is 5.32 Å². The van der Waals surface area contributed by atoms with Gasteiger partial charge in [0, 0.05) is 18.9 Å². The van der Waals surface area contributed by atoms with Crippen LogP contribution in [0.3, 0.4) is 0 Å². The highest BCUT2D eigenvalue weighted by atomic mass is 16.2. The van der Waals surface area contributed by atoms with E-state index >= 15 is 0 Å². The molecule has 124 valence electrons. The summed E-state index contributed by atoms with van der Waals surface area (Å²) in [6, 6.07) is 9.62. The Labute approximate surface area is 139 Å². The zero-order chi connectivity index (χ0) is 17.1. The number of nitrogens with zero attached hydrogens (tertiary/aromatic N) is 1. The number of aromatic nitrogens is 1. The molecule has 0 spiro atoms. The molecular formula is C17H18N4O3. The fourth-order valence-electron chi connectivity index (χ4n) is 2.58. The first kappa shape index (κ1) is 15.8. The first-order valence-electron chi connectivity index (χ1n) is 7.62. The molecule has 0 radical (unpaired) electrons. The number of fused-ring (bicyclic) bond motifs is 1. The van der Waals surface area contributed by atoms with Gasteiger partial charge >= 0.3 is 0 Å². The van der Waals surface area contributed by atoms with Gasteiger partial charge in [-0.3, -0.25) is 14.4 Å². The molecule has 7 heteroatoms. The predicted octanol–water partition coefficient (Wildman–Crippen LogP) is 0.782. The van der Waals surface area contributed by atoms with Crippen LogP contribution in [0.5, 0.6) is 0 Å². The molecule has 1 aliphatic rings. The lowest BCUT2D eigenvalue weighted by atomic mass is 10.1. The zero-order valence-corrected chi connectivity index (χ0v) is 13.2.